The van der Waals surface area contributed by atoms with Crippen LogP contribution in [0.2, 0.25) is 0 Å². The number of piperidine rings is 1. The maximum atomic E-state index is 12.6. The van der Waals surface area contributed by atoms with Gasteiger partial charge in [-0.25, -0.2) is 0 Å². The highest BCUT2D eigenvalue weighted by Crippen LogP contribution is 2.33. The zero-order valence-electron chi connectivity index (χ0n) is 15.0. The summed E-state index contributed by atoms with van der Waals surface area (Å²) in [6, 6.07) is 0. The smallest absolute Gasteiger partial charge is 0.225 e. The molecule has 2 aliphatic heterocycles. The van der Waals surface area contributed by atoms with Crippen LogP contribution in [0.25, 0.3) is 0 Å². The van der Waals surface area contributed by atoms with Crippen LogP contribution in [-0.2, 0) is 16.0 Å². The molecule has 1 aromatic rings. The Hall–Kier alpha value is -1.40. The van der Waals surface area contributed by atoms with Gasteiger partial charge in [-0.3, -0.25) is 4.79 Å². The van der Waals surface area contributed by atoms with E-state index in [1.807, 2.05) is 13.8 Å². The van der Waals surface area contributed by atoms with Gasteiger partial charge in [-0.15, -0.1) is 0 Å². The fourth-order valence-corrected chi connectivity index (χ4v) is 4.01. The first-order valence-electron chi connectivity index (χ1n) is 9.06. The summed E-state index contributed by atoms with van der Waals surface area (Å²) < 4.78 is 11.1. The number of rotatable bonds is 5. The van der Waals surface area contributed by atoms with Gasteiger partial charge in [0.05, 0.1) is 17.7 Å². The van der Waals surface area contributed by atoms with E-state index >= 15 is 0 Å². The zero-order valence-corrected chi connectivity index (χ0v) is 15.0. The Kier molecular flexibility index (Phi) is 5.56. The molecule has 0 bridgehead atoms. The quantitative estimate of drug-likeness (QED) is 0.887. The molecule has 0 spiro atoms. The normalized spacial score (nSPS) is 26.0. The average molecular weight is 335 g/mol. The molecule has 2 saturated heterocycles. The lowest BCUT2D eigenvalue weighted by atomic mass is 9.84. The second kappa shape index (κ2) is 7.66. The molecule has 0 aromatic carbocycles. The second-order valence-corrected chi connectivity index (χ2v) is 7.22. The SMILES string of the molecule is Cc1noc(C)c1CCNC(=O)[C@H]1CCO[C@@H]1C1CCN(C)CC1. The number of amides is 1. The van der Waals surface area contributed by atoms with Crippen LogP contribution in [0, 0.1) is 25.7 Å². The van der Waals surface area contributed by atoms with Crippen molar-refractivity contribution in [3.05, 3.63) is 17.0 Å². The number of aromatic nitrogens is 1. The largest absolute Gasteiger partial charge is 0.377 e. The van der Waals surface area contributed by atoms with Crippen molar-refractivity contribution in [2.75, 3.05) is 33.3 Å². The summed E-state index contributed by atoms with van der Waals surface area (Å²) in [6.45, 7) is 7.39. The van der Waals surface area contributed by atoms with Crippen molar-refractivity contribution in [2.45, 2.75) is 45.6 Å². The molecule has 1 N–H and O–H groups in total. The van der Waals surface area contributed by atoms with Crippen LogP contribution in [0.1, 0.15) is 36.3 Å². The van der Waals surface area contributed by atoms with Crippen LogP contribution in [0.3, 0.4) is 0 Å². The monoisotopic (exact) mass is 335 g/mol. The van der Waals surface area contributed by atoms with E-state index in [-0.39, 0.29) is 17.9 Å². The molecule has 0 unspecified atom stereocenters. The molecule has 2 fully saturated rings. The summed E-state index contributed by atoms with van der Waals surface area (Å²) in [5.41, 5.74) is 2.01. The Morgan fingerprint density at radius 2 is 2.04 bits per heavy atom. The molecular formula is C18H29N3O3. The average Bonchev–Trinajstić information content (AvgIpc) is 3.17. The Morgan fingerprint density at radius 3 is 2.71 bits per heavy atom. The molecule has 3 heterocycles. The van der Waals surface area contributed by atoms with Crippen LogP contribution >= 0.6 is 0 Å². The van der Waals surface area contributed by atoms with Gasteiger partial charge >= 0.3 is 0 Å². The number of hydrogen-bond donors (Lipinski definition) is 1. The third kappa shape index (κ3) is 3.81. The van der Waals surface area contributed by atoms with Crippen LogP contribution in [0.5, 0.6) is 0 Å². The van der Waals surface area contributed by atoms with Gasteiger partial charge in [0.1, 0.15) is 5.76 Å². The van der Waals surface area contributed by atoms with Crippen molar-refractivity contribution < 1.29 is 14.1 Å². The number of nitrogens with zero attached hydrogens (tertiary/aromatic N) is 2. The highest BCUT2D eigenvalue weighted by atomic mass is 16.5. The first-order valence-corrected chi connectivity index (χ1v) is 9.06. The lowest BCUT2D eigenvalue weighted by Crippen LogP contribution is -2.42. The van der Waals surface area contributed by atoms with Crippen LogP contribution in [0.15, 0.2) is 4.52 Å². The van der Waals surface area contributed by atoms with E-state index in [2.05, 4.69) is 22.4 Å². The Balaban J connectivity index is 1.50. The number of carbonyl (C=O) groups is 1. The van der Waals surface area contributed by atoms with E-state index in [9.17, 15) is 4.79 Å². The van der Waals surface area contributed by atoms with Crippen LogP contribution in [-0.4, -0.2) is 55.4 Å². The molecule has 0 radical (unpaired) electrons. The molecule has 134 valence electrons. The fourth-order valence-electron chi connectivity index (χ4n) is 4.01. The van der Waals surface area contributed by atoms with Gasteiger partial charge in [0.2, 0.25) is 5.91 Å². The zero-order chi connectivity index (χ0) is 17.1. The number of aryl methyl sites for hydroxylation is 2. The van der Waals surface area contributed by atoms with Gasteiger partial charge < -0.3 is 19.5 Å². The van der Waals surface area contributed by atoms with E-state index in [4.69, 9.17) is 9.26 Å². The molecule has 2 atom stereocenters. The number of nitrogens with one attached hydrogen (secondary N) is 1. The standard InChI is InChI=1S/C18H29N3O3/c1-12-15(13(2)24-20-12)4-8-19-18(22)16-7-11-23-17(16)14-5-9-21(3)10-6-14/h14,16-17H,4-11H2,1-3H3,(H,19,22)/t16-,17+/m0/s1. The molecule has 6 nitrogen and oxygen atoms in total. The molecule has 24 heavy (non-hydrogen) atoms. The first-order chi connectivity index (χ1) is 11.6. The Bertz CT molecular complexity index is 544. The second-order valence-electron chi connectivity index (χ2n) is 7.22. The minimum Gasteiger partial charge on any atom is -0.377 e. The lowest BCUT2D eigenvalue weighted by Gasteiger charge is -2.34. The summed E-state index contributed by atoms with van der Waals surface area (Å²) in [4.78, 5) is 15.0. The van der Waals surface area contributed by atoms with Gasteiger partial charge in [0, 0.05) is 18.7 Å². The summed E-state index contributed by atoms with van der Waals surface area (Å²) in [7, 11) is 2.16. The van der Waals surface area contributed by atoms with Crippen molar-refractivity contribution in [1.82, 2.24) is 15.4 Å². The van der Waals surface area contributed by atoms with Crippen molar-refractivity contribution in [3.8, 4) is 0 Å². The molecule has 0 aliphatic carbocycles. The number of hydrogen-bond acceptors (Lipinski definition) is 5. The topological polar surface area (TPSA) is 67.6 Å². The first kappa shape index (κ1) is 17.4. The predicted octanol–water partition coefficient (Wildman–Crippen LogP) is 1.70. The third-order valence-corrected chi connectivity index (χ3v) is 5.56. The minimum absolute atomic E-state index is 0.00285. The lowest BCUT2D eigenvalue weighted by molar-refractivity contribution is -0.128. The molecule has 1 aromatic heterocycles. The summed E-state index contributed by atoms with van der Waals surface area (Å²) in [5.74, 6) is 1.50. The van der Waals surface area contributed by atoms with E-state index in [0.717, 1.165) is 55.8 Å². The van der Waals surface area contributed by atoms with Crippen LogP contribution < -0.4 is 5.32 Å². The van der Waals surface area contributed by atoms with E-state index in [0.29, 0.717) is 19.1 Å². The molecule has 2 aliphatic rings. The van der Waals surface area contributed by atoms with Gasteiger partial charge in [0.15, 0.2) is 0 Å². The molecule has 3 rings (SSSR count). The number of carbonyl (C=O) groups excluding carboxylic acids is 1. The molecule has 6 heteroatoms. The summed E-state index contributed by atoms with van der Waals surface area (Å²) in [6.07, 6.45) is 3.96. The maximum Gasteiger partial charge on any atom is 0.225 e. The third-order valence-electron chi connectivity index (χ3n) is 5.56. The summed E-state index contributed by atoms with van der Waals surface area (Å²) >= 11 is 0. The Labute approximate surface area is 143 Å². The maximum absolute atomic E-state index is 12.6. The van der Waals surface area contributed by atoms with E-state index < -0.39 is 0 Å². The molecule has 1 amide bonds. The van der Waals surface area contributed by atoms with Gasteiger partial charge in [-0.1, -0.05) is 5.16 Å². The van der Waals surface area contributed by atoms with Gasteiger partial charge in [-0.2, -0.15) is 0 Å². The van der Waals surface area contributed by atoms with Crippen molar-refractivity contribution in [2.24, 2.45) is 11.8 Å². The molecule has 0 saturated carbocycles. The van der Waals surface area contributed by atoms with Crippen molar-refractivity contribution in [3.63, 3.8) is 0 Å². The predicted molar refractivity (Wildman–Crippen MR) is 90.8 cm³/mol. The minimum atomic E-state index is 0.00285. The highest BCUT2D eigenvalue weighted by Gasteiger charge is 2.39. The van der Waals surface area contributed by atoms with Gasteiger partial charge in [0.25, 0.3) is 0 Å². The fraction of sp³-hybridized carbons (Fsp3) is 0.778. The summed E-state index contributed by atoms with van der Waals surface area (Å²) in [5, 5.41) is 7.06. The van der Waals surface area contributed by atoms with E-state index in [1.54, 1.807) is 0 Å². The van der Waals surface area contributed by atoms with E-state index in [1.165, 1.54) is 0 Å². The van der Waals surface area contributed by atoms with Crippen LogP contribution in [0.4, 0.5) is 0 Å². The van der Waals surface area contributed by atoms with Crippen molar-refractivity contribution >= 4 is 5.91 Å². The van der Waals surface area contributed by atoms with Gasteiger partial charge in [-0.05, 0) is 65.6 Å². The highest BCUT2D eigenvalue weighted by molar-refractivity contribution is 5.79. The molecular weight excluding hydrogens is 306 g/mol. The Morgan fingerprint density at radius 1 is 1.29 bits per heavy atom. The van der Waals surface area contributed by atoms with Crippen molar-refractivity contribution in [1.29, 1.82) is 0 Å². The number of ether oxygens (including phenoxy) is 1. The number of likely N-dealkylation sites (tertiary alicyclic amines) is 1.